The van der Waals surface area contributed by atoms with Gasteiger partial charge in [-0.3, -0.25) is 4.79 Å². The lowest BCUT2D eigenvalue weighted by Crippen LogP contribution is -2.23. The third-order valence-corrected chi connectivity index (χ3v) is 30.3. The number of amides is 1. The number of fused-ring (bicyclic) bond motifs is 7. The number of methoxy groups -OCH3 is 1. The summed E-state index contributed by atoms with van der Waals surface area (Å²) in [7, 11) is 1.65. The summed E-state index contributed by atoms with van der Waals surface area (Å²) in [5.41, 5.74) is 35.9. The number of anilines is 2. The van der Waals surface area contributed by atoms with Crippen molar-refractivity contribution >= 4 is 183 Å². The number of nitrogens with zero attached hydrogens (tertiary/aromatic N) is 5. The van der Waals surface area contributed by atoms with E-state index in [0.717, 1.165) is 188 Å². The van der Waals surface area contributed by atoms with Crippen LogP contribution < -0.4 is 21.5 Å². The van der Waals surface area contributed by atoms with E-state index in [0.29, 0.717) is 59.0 Å². The normalized spacial score (nSPS) is 12.5. The first-order chi connectivity index (χ1) is 64.3. The molecule has 27 heteroatoms. The molecular weight excluding hydrogens is 1850 g/mol. The fraction of sp³-hybridized carbons (Fsp3) is 0.333. The summed E-state index contributed by atoms with van der Waals surface area (Å²) >= 11 is 21.0. The molecule has 19 nitrogen and oxygen atoms in total. The summed E-state index contributed by atoms with van der Waals surface area (Å²) in [5.74, 6) is 0.0940. The van der Waals surface area contributed by atoms with Gasteiger partial charge in [0, 0.05) is 105 Å². The van der Waals surface area contributed by atoms with Crippen LogP contribution in [0.15, 0.2) is 143 Å². The number of furan rings is 1. The quantitative estimate of drug-likeness (QED) is 0.0434. The van der Waals surface area contributed by atoms with E-state index in [1.54, 1.807) is 31.6 Å². The van der Waals surface area contributed by atoms with Gasteiger partial charge in [0.1, 0.15) is 76.9 Å². The van der Waals surface area contributed by atoms with Crippen LogP contribution in [0.1, 0.15) is 243 Å². The van der Waals surface area contributed by atoms with Crippen LogP contribution in [-0.4, -0.2) is 85.2 Å². The number of carbonyl (C=O) groups is 5. The highest BCUT2D eigenvalue weighted by Crippen LogP contribution is 2.50. The molecule has 2 aliphatic rings. The van der Waals surface area contributed by atoms with E-state index in [9.17, 15) is 24.0 Å². The number of thiophene rings is 6. The smallest absolute Gasteiger partial charge is 0.351 e. The van der Waals surface area contributed by atoms with E-state index in [4.69, 9.17) is 87.7 Å². The molecule has 135 heavy (non-hydrogen) atoms. The molecule has 4 aromatic carbocycles. The minimum atomic E-state index is -0.564. The van der Waals surface area contributed by atoms with Crippen molar-refractivity contribution in [1.82, 2.24) is 30.2 Å². The average molecular weight is 1960 g/mol. The molecule has 12 aromatic heterocycles. The number of halogens is 2. The summed E-state index contributed by atoms with van der Waals surface area (Å²) in [6.45, 7) is 38.3. The van der Waals surface area contributed by atoms with Crippen molar-refractivity contribution < 1.29 is 52.1 Å². The topological polar surface area (TPSA) is 273 Å². The number of rotatable bonds is 17. The summed E-state index contributed by atoms with van der Waals surface area (Å²) in [5, 5.41) is 11.3. The molecule has 702 valence electrons. The highest BCUT2D eigenvalue weighted by atomic mass is 35.5. The van der Waals surface area contributed by atoms with Gasteiger partial charge in [0.05, 0.1) is 31.4 Å². The van der Waals surface area contributed by atoms with Crippen LogP contribution in [0.25, 0.3) is 106 Å². The fourth-order valence-corrected chi connectivity index (χ4v) is 24.4. The first kappa shape index (κ1) is 99.7. The molecule has 0 spiro atoms. The van der Waals surface area contributed by atoms with Crippen LogP contribution in [0.2, 0.25) is 10.0 Å². The third kappa shape index (κ3) is 21.9. The number of nitrogen functional groups attached to an aromatic ring is 2. The molecule has 16 aromatic rings. The van der Waals surface area contributed by atoms with Crippen molar-refractivity contribution in [3.05, 3.63) is 252 Å². The lowest BCUT2D eigenvalue weighted by atomic mass is 9.95. The van der Waals surface area contributed by atoms with Crippen molar-refractivity contribution in [2.45, 2.75) is 226 Å². The van der Waals surface area contributed by atoms with Crippen LogP contribution in [0.5, 0.6) is 5.75 Å². The number of nitrogens with two attached hydrogens (primary N) is 2. The minimum absolute atomic E-state index is 0.0761. The van der Waals surface area contributed by atoms with Crippen LogP contribution in [0.3, 0.4) is 0 Å². The Labute approximate surface area is 822 Å². The van der Waals surface area contributed by atoms with Gasteiger partial charge in [-0.25, -0.2) is 44.1 Å². The zero-order chi connectivity index (χ0) is 97.0. The number of esters is 4. The maximum Gasteiger partial charge on any atom is 0.351 e. The Morgan fingerprint density at radius 3 is 1.36 bits per heavy atom. The molecule has 0 atom stereocenters. The number of benzene rings is 4. The van der Waals surface area contributed by atoms with Crippen molar-refractivity contribution in [1.29, 1.82) is 0 Å². The van der Waals surface area contributed by atoms with Crippen molar-refractivity contribution in [2.75, 3.05) is 25.2 Å². The Bertz CT molecular complexity index is 7130. The van der Waals surface area contributed by atoms with Crippen molar-refractivity contribution in [3.8, 4) is 60.9 Å². The highest BCUT2D eigenvalue weighted by Gasteiger charge is 2.35. The van der Waals surface area contributed by atoms with Gasteiger partial charge in [0.2, 0.25) is 0 Å². The largest absolute Gasteiger partial charge is 0.497 e. The molecule has 12 heterocycles. The average Bonchev–Trinajstić information content (AvgIpc) is 2.00. The van der Waals surface area contributed by atoms with Gasteiger partial charge in [-0.1, -0.05) is 123 Å². The number of carbonyl (C=O) groups excluding carboxylic acids is 5. The van der Waals surface area contributed by atoms with Crippen molar-refractivity contribution in [3.63, 3.8) is 0 Å². The van der Waals surface area contributed by atoms with Gasteiger partial charge in [-0.2, -0.15) is 0 Å². The predicted molar refractivity (Wildman–Crippen MR) is 560 cm³/mol. The zero-order valence-electron chi connectivity index (χ0n) is 80.1. The van der Waals surface area contributed by atoms with Gasteiger partial charge < -0.3 is 44.9 Å². The van der Waals surface area contributed by atoms with Crippen LogP contribution in [0, 0.1) is 41.5 Å². The second-order valence-electron chi connectivity index (χ2n) is 36.3. The van der Waals surface area contributed by atoms with Gasteiger partial charge >= 0.3 is 23.9 Å². The lowest BCUT2D eigenvalue weighted by Gasteiger charge is -2.19. The van der Waals surface area contributed by atoms with Crippen LogP contribution >= 0.6 is 91.2 Å². The monoisotopic (exact) mass is 1960 g/mol. The maximum atomic E-state index is 13.3. The Hall–Kier alpha value is -11.3. The first-order valence-electron chi connectivity index (χ1n) is 45.5. The first-order valence-corrected chi connectivity index (χ1v) is 51.2. The molecule has 2 aliphatic carbocycles. The summed E-state index contributed by atoms with van der Waals surface area (Å²) in [4.78, 5) is 96.4. The Morgan fingerprint density at radius 2 is 0.881 bits per heavy atom. The molecule has 0 saturated carbocycles. The second kappa shape index (κ2) is 42.2. The number of ether oxygens (including phenoxy) is 5. The van der Waals surface area contributed by atoms with Gasteiger partial charge in [-0.15, -0.1) is 68.0 Å². The predicted octanol–water partition coefficient (Wildman–Crippen LogP) is 29.2. The number of pyridine rings is 5. The third-order valence-electron chi connectivity index (χ3n) is 23.5. The van der Waals surface area contributed by atoms with E-state index in [2.05, 4.69) is 64.4 Å². The van der Waals surface area contributed by atoms with E-state index < -0.39 is 22.8 Å². The molecule has 5 N–H and O–H groups in total. The Kier molecular flexibility index (Phi) is 31.1. The van der Waals surface area contributed by atoms with E-state index in [-0.39, 0.29) is 23.8 Å². The van der Waals surface area contributed by atoms with E-state index >= 15 is 0 Å². The molecule has 0 saturated heterocycles. The molecular formula is C108H114Cl2N8O11S6. The van der Waals surface area contributed by atoms with Gasteiger partial charge in [0.15, 0.2) is 0 Å². The highest BCUT2D eigenvalue weighted by molar-refractivity contribution is 7.23. The maximum absolute atomic E-state index is 13.3. The van der Waals surface area contributed by atoms with E-state index in [1.165, 1.54) is 130 Å². The Morgan fingerprint density at radius 1 is 0.437 bits per heavy atom. The molecule has 0 aliphatic heterocycles. The van der Waals surface area contributed by atoms with Gasteiger partial charge in [0.25, 0.3) is 5.91 Å². The zero-order valence-corrected chi connectivity index (χ0v) is 86.5. The minimum Gasteiger partial charge on any atom is -0.497 e. The van der Waals surface area contributed by atoms with Crippen LogP contribution in [0.4, 0.5) is 11.4 Å². The summed E-state index contributed by atoms with van der Waals surface area (Å²) in [6, 6.07) is 41.0. The molecule has 0 unspecified atom stereocenters. The molecule has 18 rings (SSSR count). The van der Waals surface area contributed by atoms with E-state index in [1.807, 2.05) is 198 Å². The number of hydrogen-bond acceptors (Lipinski definition) is 24. The standard InChI is InChI=1S/C26H26N2O2S.2C22H24ClNO2S.C21H24N2O2S2.C17H16N2O3S/c1-5-21-16(2)22-23(19-11-13-20(30-4)14-12-19)24(31-26(22)28-17(21)3)25(29)27-15-18-9-7-6-8-10-18;1-7-16-12(2)17-18(14-8-10-15(23)11-9-14)19(21(25)26-22(4,5)6)27-20(17)24-13(16)3;1-7-16-12(2)17-18(14-9-8-10-15(23)11-14)19(21(25)26-22(4,5)6)27-20(17)24-13(16)3;1-21(2,3)25-20(24)18-17(22)16-15(14-10-7-11-26-14)12-8-5-4-6-9-13(12)23-19(16)27-18;1-2-21-17(20)15-14(18)13-12(11-7-4-8-22-11)9-5-3-6-10(9)19-16(13)23-15/h6-14H,5,15H2,1-4H3,(H,27,29);2*8-11H,7H2,1-6H3;7,10-11H,4-6,8-9,22H2,1-3H3;4,7-8H,2-3,5-6,18H2,1H3. The summed E-state index contributed by atoms with van der Waals surface area (Å²) < 4.78 is 33.0. The summed E-state index contributed by atoms with van der Waals surface area (Å²) in [6.07, 6.45) is 12.9. The second-order valence-corrected chi connectivity index (χ2v) is 43.1. The molecule has 1 amide bonds. The molecule has 0 fully saturated rings. The fourth-order valence-electron chi connectivity index (χ4n) is 17.7. The number of nitrogens with one attached hydrogen (secondary N) is 1. The SMILES string of the molecule is CC(C)(C)OC(=O)c1sc2nc3c(c(-c4cccs4)c2c1N)CCCCC3.CCOC(=O)c1sc2nc3c(c(-c4ccco4)c2c1N)CCC3.CCc1c(C)nc2sc(C(=O)NCc3ccccc3)c(-c3ccc(OC)cc3)c2c1C.CCc1c(C)nc2sc(C(=O)OC(C)(C)C)c(-c3ccc(Cl)cc3)c2c1C.CCc1c(C)nc2sc(C(=O)OC(C)(C)C)c(-c3cccc(Cl)c3)c2c1C. The van der Waals surface area contributed by atoms with Gasteiger partial charge in [-0.05, 0) is 302 Å². The number of hydrogen-bond donors (Lipinski definition) is 3. The van der Waals surface area contributed by atoms with Crippen LogP contribution in [-0.2, 0) is 70.4 Å². The van der Waals surface area contributed by atoms with Crippen molar-refractivity contribution in [2.24, 2.45) is 0 Å². The Balaban J connectivity index is 0.000000136. The lowest BCUT2D eigenvalue weighted by molar-refractivity contribution is 0.00634. The number of aromatic nitrogens is 5. The molecule has 0 radical (unpaired) electrons. The number of aryl methyl sites for hydroxylation is 8. The molecule has 0 bridgehead atoms.